The predicted octanol–water partition coefficient (Wildman–Crippen LogP) is -0.0860. The average Bonchev–Trinajstić information content (AvgIpc) is 2.27. The van der Waals surface area contributed by atoms with E-state index in [-0.39, 0.29) is 18.5 Å². The van der Waals surface area contributed by atoms with Crippen molar-refractivity contribution in [1.82, 2.24) is 16.0 Å². The van der Waals surface area contributed by atoms with Gasteiger partial charge in [0.1, 0.15) is 0 Å². The monoisotopic (exact) mass is 234 g/mol. The smallest absolute Gasteiger partial charge is 0.322 e. The van der Waals surface area contributed by atoms with Crippen molar-refractivity contribution in [2.45, 2.75) is 19.1 Å². The molecule has 1 aromatic rings. The number of nitrogens with one attached hydrogen (secondary N) is 3. The normalized spacial score (nSPS) is 19.6. The highest BCUT2D eigenvalue weighted by atomic mass is 16.2. The fraction of sp³-hybridized carbons (Fsp3) is 0.273. The van der Waals surface area contributed by atoms with Gasteiger partial charge < -0.3 is 11.1 Å². The van der Waals surface area contributed by atoms with Crippen molar-refractivity contribution in [1.29, 1.82) is 0 Å². The van der Waals surface area contributed by atoms with Crippen molar-refractivity contribution >= 4 is 17.6 Å². The molecule has 1 aliphatic heterocycles. The Hall–Kier alpha value is -2.08. The summed E-state index contributed by atoms with van der Waals surface area (Å²) in [5.41, 5.74) is 7.32. The van der Waals surface area contributed by atoms with E-state index in [1.165, 1.54) is 0 Å². The van der Waals surface area contributed by atoms with E-state index in [1.54, 1.807) is 0 Å². The largest absolute Gasteiger partial charge is 0.399 e. The Morgan fingerprint density at radius 1 is 1.29 bits per heavy atom. The highest BCUT2D eigenvalue weighted by Crippen LogP contribution is 2.05. The van der Waals surface area contributed by atoms with Crippen LogP contribution in [0.25, 0.3) is 0 Å². The van der Waals surface area contributed by atoms with Crippen LogP contribution in [-0.4, -0.2) is 18.1 Å². The van der Waals surface area contributed by atoms with Crippen molar-refractivity contribution in [3.8, 4) is 0 Å². The minimum Gasteiger partial charge on any atom is -0.399 e. The van der Waals surface area contributed by atoms with Crippen LogP contribution in [0.1, 0.15) is 12.0 Å². The molecular weight excluding hydrogens is 220 g/mol. The molecule has 0 aliphatic carbocycles. The first-order valence-electron chi connectivity index (χ1n) is 5.31. The molecule has 1 atom stereocenters. The SMILES string of the molecule is Nc1ccc(CNC2CC(=O)NC(=O)N2)cc1. The molecular formula is C11H14N4O2. The average molecular weight is 234 g/mol. The molecule has 0 radical (unpaired) electrons. The van der Waals surface area contributed by atoms with Gasteiger partial charge in [-0.2, -0.15) is 0 Å². The second kappa shape index (κ2) is 4.84. The molecule has 1 fully saturated rings. The van der Waals surface area contributed by atoms with E-state index in [0.29, 0.717) is 12.2 Å². The lowest BCUT2D eigenvalue weighted by Crippen LogP contribution is -2.57. The second-order valence-electron chi connectivity index (χ2n) is 3.90. The first-order chi connectivity index (χ1) is 8.13. The van der Waals surface area contributed by atoms with Gasteiger partial charge in [0.05, 0.1) is 12.6 Å². The molecule has 90 valence electrons. The van der Waals surface area contributed by atoms with E-state index in [1.807, 2.05) is 24.3 Å². The Balaban J connectivity index is 1.87. The summed E-state index contributed by atoms with van der Waals surface area (Å²) in [5.74, 6) is -0.274. The van der Waals surface area contributed by atoms with Gasteiger partial charge in [-0.15, -0.1) is 0 Å². The van der Waals surface area contributed by atoms with E-state index in [4.69, 9.17) is 5.73 Å². The summed E-state index contributed by atoms with van der Waals surface area (Å²) in [6, 6.07) is 6.95. The standard InChI is InChI=1S/C11H14N4O2/c12-8-3-1-7(2-4-8)6-13-9-5-10(16)15-11(17)14-9/h1-4,9,13H,5-6,12H2,(H2,14,15,16,17). The number of rotatable bonds is 3. The summed E-state index contributed by atoms with van der Waals surface area (Å²) >= 11 is 0. The van der Waals surface area contributed by atoms with Crippen molar-refractivity contribution in [2.75, 3.05) is 5.73 Å². The summed E-state index contributed by atoms with van der Waals surface area (Å²) in [7, 11) is 0. The lowest BCUT2D eigenvalue weighted by Gasteiger charge is -2.24. The number of carbonyl (C=O) groups is 2. The summed E-state index contributed by atoms with van der Waals surface area (Å²) in [5, 5.41) is 7.88. The molecule has 6 nitrogen and oxygen atoms in total. The van der Waals surface area contributed by atoms with Crippen LogP contribution >= 0.6 is 0 Å². The molecule has 1 heterocycles. The number of nitrogens with two attached hydrogens (primary N) is 1. The van der Waals surface area contributed by atoms with Crippen molar-refractivity contribution in [2.24, 2.45) is 0 Å². The second-order valence-corrected chi connectivity index (χ2v) is 3.90. The lowest BCUT2D eigenvalue weighted by atomic mass is 10.2. The topological polar surface area (TPSA) is 96.2 Å². The number of hydrogen-bond acceptors (Lipinski definition) is 4. The summed E-state index contributed by atoms with van der Waals surface area (Å²) < 4.78 is 0. The highest BCUT2D eigenvalue weighted by Gasteiger charge is 2.22. The Morgan fingerprint density at radius 3 is 2.65 bits per heavy atom. The molecule has 1 aliphatic rings. The third kappa shape index (κ3) is 3.18. The van der Waals surface area contributed by atoms with Gasteiger partial charge in [0.2, 0.25) is 5.91 Å². The summed E-state index contributed by atoms with van der Waals surface area (Å²) in [6.45, 7) is 0.568. The first-order valence-corrected chi connectivity index (χ1v) is 5.31. The van der Waals surface area contributed by atoms with Crippen LogP contribution in [0, 0.1) is 0 Å². The molecule has 0 bridgehead atoms. The van der Waals surface area contributed by atoms with E-state index < -0.39 is 6.03 Å². The Bertz CT molecular complexity index is 414. The fourth-order valence-corrected chi connectivity index (χ4v) is 1.61. The van der Waals surface area contributed by atoms with Gasteiger partial charge in [-0.1, -0.05) is 12.1 Å². The van der Waals surface area contributed by atoms with E-state index >= 15 is 0 Å². The molecule has 0 aromatic heterocycles. The lowest BCUT2D eigenvalue weighted by molar-refractivity contribution is -0.121. The molecule has 1 unspecified atom stereocenters. The molecule has 1 aromatic carbocycles. The number of benzene rings is 1. The number of hydrogen-bond donors (Lipinski definition) is 4. The number of amides is 3. The maximum atomic E-state index is 11.1. The zero-order chi connectivity index (χ0) is 12.3. The molecule has 2 rings (SSSR count). The quantitative estimate of drug-likeness (QED) is 0.550. The Kier molecular flexibility index (Phi) is 3.24. The van der Waals surface area contributed by atoms with E-state index in [9.17, 15) is 9.59 Å². The zero-order valence-corrected chi connectivity index (χ0v) is 9.19. The predicted molar refractivity (Wildman–Crippen MR) is 62.8 cm³/mol. The molecule has 5 N–H and O–H groups in total. The Morgan fingerprint density at radius 2 is 2.00 bits per heavy atom. The molecule has 0 saturated carbocycles. The molecule has 0 spiro atoms. The van der Waals surface area contributed by atoms with Gasteiger partial charge in [-0.05, 0) is 17.7 Å². The van der Waals surface area contributed by atoms with Crippen LogP contribution in [0.2, 0.25) is 0 Å². The van der Waals surface area contributed by atoms with Crippen molar-refractivity contribution < 1.29 is 9.59 Å². The maximum Gasteiger partial charge on any atom is 0.322 e. The first kappa shape index (κ1) is 11.4. The number of nitrogen functional groups attached to an aromatic ring is 1. The van der Waals surface area contributed by atoms with Crippen LogP contribution in [0.3, 0.4) is 0 Å². The van der Waals surface area contributed by atoms with Gasteiger partial charge in [0.25, 0.3) is 0 Å². The molecule has 17 heavy (non-hydrogen) atoms. The molecule has 3 amide bonds. The molecule has 6 heteroatoms. The van der Waals surface area contributed by atoms with Crippen LogP contribution in [0.15, 0.2) is 24.3 Å². The zero-order valence-electron chi connectivity index (χ0n) is 9.19. The highest BCUT2D eigenvalue weighted by molar-refractivity contribution is 5.97. The summed E-state index contributed by atoms with van der Waals surface area (Å²) in [6.07, 6.45) is -0.0884. The molecule has 1 saturated heterocycles. The van der Waals surface area contributed by atoms with Crippen LogP contribution in [-0.2, 0) is 11.3 Å². The minimum absolute atomic E-state index is 0.237. The third-order valence-corrected chi connectivity index (χ3v) is 2.48. The van der Waals surface area contributed by atoms with Crippen LogP contribution < -0.4 is 21.7 Å². The number of carbonyl (C=O) groups excluding carboxylic acids is 2. The maximum absolute atomic E-state index is 11.1. The van der Waals surface area contributed by atoms with E-state index in [2.05, 4.69) is 16.0 Å². The number of imide groups is 1. The fourth-order valence-electron chi connectivity index (χ4n) is 1.61. The minimum atomic E-state index is -0.462. The number of urea groups is 1. The number of anilines is 1. The van der Waals surface area contributed by atoms with Gasteiger partial charge in [0, 0.05) is 12.2 Å². The van der Waals surface area contributed by atoms with Crippen LogP contribution in [0.5, 0.6) is 0 Å². The Labute approximate surface area is 98.6 Å². The van der Waals surface area contributed by atoms with Crippen molar-refractivity contribution in [3.63, 3.8) is 0 Å². The van der Waals surface area contributed by atoms with Gasteiger partial charge in [0.15, 0.2) is 0 Å². The van der Waals surface area contributed by atoms with Crippen LogP contribution in [0.4, 0.5) is 10.5 Å². The van der Waals surface area contributed by atoms with Gasteiger partial charge in [-0.3, -0.25) is 15.4 Å². The van der Waals surface area contributed by atoms with Gasteiger partial charge in [-0.25, -0.2) is 4.79 Å². The summed E-state index contributed by atoms with van der Waals surface area (Å²) in [4.78, 5) is 22.2. The van der Waals surface area contributed by atoms with E-state index in [0.717, 1.165) is 5.56 Å². The van der Waals surface area contributed by atoms with Crippen molar-refractivity contribution in [3.05, 3.63) is 29.8 Å². The van der Waals surface area contributed by atoms with Gasteiger partial charge >= 0.3 is 6.03 Å². The third-order valence-electron chi connectivity index (χ3n) is 2.48.